The van der Waals surface area contributed by atoms with Crippen molar-refractivity contribution in [2.75, 3.05) is 0 Å². The minimum absolute atomic E-state index is 0.0587. The van der Waals surface area contributed by atoms with Gasteiger partial charge >= 0.3 is 11.7 Å². The number of imidazole rings is 1. The SMILES string of the molecule is CC1(NS(=O)(=O)c2ccc3[nH]c(=O)n(-c4ncc(/C=C/C(=O)O)s4)c3c2)CC1. The average Bonchev–Trinajstić information content (AvgIpc) is 3.03. The zero-order valence-electron chi connectivity index (χ0n) is 14.7. The van der Waals surface area contributed by atoms with Crippen molar-refractivity contribution in [3.8, 4) is 5.13 Å². The number of H-pyrrole nitrogens is 1. The number of aromatic amines is 1. The molecule has 2 aromatic heterocycles. The number of carbonyl (C=O) groups is 1. The predicted octanol–water partition coefficient (Wildman–Crippen LogP) is 1.70. The number of aromatic nitrogens is 3. The van der Waals surface area contributed by atoms with Crippen molar-refractivity contribution in [3.63, 3.8) is 0 Å². The van der Waals surface area contributed by atoms with Crippen LogP contribution < -0.4 is 10.4 Å². The topological polar surface area (TPSA) is 134 Å². The summed E-state index contributed by atoms with van der Waals surface area (Å²) in [6.07, 6.45) is 5.37. The summed E-state index contributed by atoms with van der Waals surface area (Å²) in [5, 5.41) is 9.02. The third-order valence-corrected chi connectivity index (χ3v) is 7.02. The van der Waals surface area contributed by atoms with E-state index in [1.54, 1.807) is 0 Å². The first kappa shape index (κ1) is 18.6. The Morgan fingerprint density at radius 2 is 2.18 bits per heavy atom. The molecule has 0 amide bonds. The van der Waals surface area contributed by atoms with Crippen molar-refractivity contribution in [2.24, 2.45) is 0 Å². The number of benzene rings is 1. The maximum absolute atomic E-state index is 12.7. The smallest absolute Gasteiger partial charge is 0.332 e. The van der Waals surface area contributed by atoms with E-state index < -0.39 is 27.2 Å². The normalized spacial score (nSPS) is 16.0. The van der Waals surface area contributed by atoms with Gasteiger partial charge in [0.15, 0.2) is 5.13 Å². The van der Waals surface area contributed by atoms with E-state index in [0.717, 1.165) is 30.3 Å². The molecule has 146 valence electrons. The molecular formula is C17H16N4O5S2. The monoisotopic (exact) mass is 420 g/mol. The van der Waals surface area contributed by atoms with Crippen LogP contribution >= 0.6 is 11.3 Å². The van der Waals surface area contributed by atoms with Gasteiger partial charge in [-0.15, -0.1) is 0 Å². The van der Waals surface area contributed by atoms with E-state index in [9.17, 15) is 18.0 Å². The van der Waals surface area contributed by atoms with E-state index in [2.05, 4.69) is 14.7 Å². The van der Waals surface area contributed by atoms with E-state index in [1.165, 1.54) is 35.0 Å². The quantitative estimate of drug-likeness (QED) is 0.520. The Morgan fingerprint density at radius 1 is 1.43 bits per heavy atom. The molecule has 2 heterocycles. The average molecular weight is 420 g/mol. The third kappa shape index (κ3) is 3.51. The van der Waals surface area contributed by atoms with Crippen molar-refractivity contribution in [2.45, 2.75) is 30.2 Å². The molecule has 0 unspecified atom stereocenters. The van der Waals surface area contributed by atoms with Crippen LogP contribution in [0.5, 0.6) is 0 Å². The van der Waals surface area contributed by atoms with Crippen LogP contribution in [-0.2, 0) is 14.8 Å². The zero-order valence-corrected chi connectivity index (χ0v) is 16.3. The number of carboxylic acids is 1. The van der Waals surface area contributed by atoms with Crippen LogP contribution in [-0.4, -0.2) is 39.6 Å². The fourth-order valence-corrected chi connectivity index (χ4v) is 5.04. The van der Waals surface area contributed by atoms with Crippen LogP contribution in [0.4, 0.5) is 0 Å². The lowest BCUT2D eigenvalue weighted by molar-refractivity contribution is -0.131. The molecule has 1 saturated carbocycles. The summed E-state index contributed by atoms with van der Waals surface area (Å²) in [7, 11) is -3.72. The van der Waals surface area contributed by atoms with Crippen LogP contribution in [0.2, 0.25) is 0 Å². The van der Waals surface area contributed by atoms with Gasteiger partial charge in [-0.05, 0) is 44.0 Å². The van der Waals surface area contributed by atoms with E-state index in [1.807, 2.05) is 6.92 Å². The highest BCUT2D eigenvalue weighted by molar-refractivity contribution is 7.89. The van der Waals surface area contributed by atoms with Gasteiger partial charge in [-0.2, -0.15) is 0 Å². The summed E-state index contributed by atoms with van der Waals surface area (Å²) in [5.41, 5.74) is -0.0298. The minimum atomic E-state index is -3.72. The molecule has 0 atom stereocenters. The molecule has 0 bridgehead atoms. The van der Waals surface area contributed by atoms with Crippen molar-refractivity contribution >= 4 is 44.4 Å². The number of nitrogens with one attached hydrogen (secondary N) is 2. The standard InChI is InChI=1S/C17H16N4O5S2/c1-17(6-7-17)20-28(25,26)11-3-4-12-13(8-11)21(15(24)19-12)16-18-9-10(27-16)2-5-14(22)23/h2-5,8-9,20H,6-7H2,1H3,(H,19,24)(H,22,23)/b5-2+. The van der Waals surface area contributed by atoms with E-state index in [4.69, 9.17) is 5.11 Å². The number of fused-ring (bicyclic) bond motifs is 1. The molecule has 0 saturated heterocycles. The molecule has 9 nitrogen and oxygen atoms in total. The van der Waals surface area contributed by atoms with Gasteiger partial charge in [-0.3, -0.25) is 0 Å². The van der Waals surface area contributed by atoms with Crippen molar-refractivity contribution < 1.29 is 18.3 Å². The Morgan fingerprint density at radius 3 is 2.86 bits per heavy atom. The summed E-state index contributed by atoms with van der Waals surface area (Å²) in [5.74, 6) is -1.09. The number of sulfonamides is 1. The molecule has 11 heteroatoms. The Hall–Kier alpha value is -2.76. The molecule has 1 aliphatic carbocycles. The molecule has 28 heavy (non-hydrogen) atoms. The summed E-state index contributed by atoms with van der Waals surface area (Å²) in [6, 6.07) is 4.41. The molecule has 3 aromatic rings. The maximum atomic E-state index is 12.7. The molecule has 1 fully saturated rings. The number of aliphatic carboxylic acids is 1. The number of nitrogens with zero attached hydrogens (tertiary/aromatic N) is 2. The number of thiazole rings is 1. The predicted molar refractivity (Wildman–Crippen MR) is 104 cm³/mol. The van der Waals surface area contributed by atoms with Gasteiger partial charge in [0.2, 0.25) is 10.0 Å². The second-order valence-corrected chi connectivity index (χ2v) is 9.55. The van der Waals surface area contributed by atoms with Gasteiger partial charge in [0.05, 0.1) is 15.9 Å². The zero-order chi connectivity index (χ0) is 20.1. The van der Waals surface area contributed by atoms with E-state index >= 15 is 0 Å². The Balaban J connectivity index is 1.78. The number of rotatable bonds is 6. The summed E-state index contributed by atoms with van der Waals surface area (Å²) in [4.78, 5) is 30.5. The second-order valence-electron chi connectivity index (χ2n) is 6.83. The Bertz CT molecular complexity index is 1280. The summed E-state index contributed by atoms with van der Waals surface area (Å²) < 4.78 is 29.3. The fourth-order valence-electron chi connectivity index (χ4n) is 2.72. The molecule has 0 spiro atoms. The van der Waals surface area contributed by atoms with Crippen molar-refractivity contribution in [3.05, 3.63) is 45.8 Å². The molecular weight excluding hydrogens is 404 g/mol. The molecule has 1 aliphatic rings. The largest absolute Gasteiger partial charge is 0.478 e. The first-order valence-corrected chi connectivity index (χ1v) is 10.6. The highest BCUT2D eigenvalue weighted by Crippen LogP contribution is 2.36. The lowest BCUT2D eigenvalue weighted by Gasteiger charge is -2.12. The highest BCUT2D eigenvalue weighted by Gasteiger charge is 2.41. The minimum Gasteiger partial charge on any atom is -0.478 e. The van der Waals surface area contributed by atoms with Gasteiger partial charge < -0.3 is 10.1 Å². The molecule has 3 N–H and O–H groups in total. The Kier molecular flexibility index (Phi) is 4.25. The summed E-state index contributed by atoms with van der Waals surface area (Å²) >= 11 is 1.11. The van der Waals surface area contributed by atoms with Gasteiger partial charge in [0.25, 0.3) is 0 Å². The second kappa shape index (κ2) is 6.40. The first-order valence-electron chi connectivity index (χ1n) is 8.33. The van der Waals surface area contributed by atoms with Crippen LogP contribution in [0.1, 0.15) is 24.6 Å². The fraction of sp³-hybridized carbons (Fsp3) is 0.235. The van der Waals surface area contributed by atoms with Crippen LogP contribution in [0.15, 0.2) is 40.2 Å². The maximum Gasteiger partial charge on any atom is 0.332 e. The van der Waals surface area contributed by atoms with E-state index in [0.29, 0.717) is 21.0 Å². The number of hydrogen-bond acceptors (Lipinski definition) is 6. The third-order valence-electron chi connectivity index (χ3n) is 4.44. The van der Waals surface area contributed by atoms with Crippen LogP contribution in [0, 0.1) is 0 Å². The van der Waals surface area contributed by atoms with Crippen LogP contribution in [0.25, 0.3) is 22.2 Å². The Labute approximate surface area is 163 Å². The summed E-state index contributed by atoms with van der Waals surface area (Å²) in [6.45, 7) is 1.84. The highest BCUT2D eigenvalue weighted by atomic mass is 32.2. The van der Waals surface area contributed by atoms with E-state index in [-0.39, 0.29) is 4.90 Å². The molecule has 1 aromatic carbocycles. The molecule has 4 rings (SSSR count). The lowest BCUT2D eigenvalue weighted by atomic mass is 10.3. The van der Waals surface area contributed by atoms with Gasteiger partial charge in [-0.1, -0.05) is 11.3 Å². The van der Waals surface area contributed by atoms with Gasteiger partial charge in [-0.25, -0.2) is 32.3 Å². The molecule has 0 aliphatic heterocycles. The van der Waals surface area contributed by atoms with Crippen molar-refractivity contribution in [1.82, 2.24) is 19.3 Å². The van der Waals surface area contributed by atoms with Crippen LogP contribution in [0.3, 0.4) is 0 Å². The molecule has 0 radical (unpaired) electrons. The lowest BCUT2D eigenvalue weighted by Crippen LogP contribution is -2.34. The number of hydrogen-bond donors (Lipinski definition) is 3. The van der Waals surface area contributed by atoms with Gasteiger partial charge in [0.1, 0.15) is 0 Å². The first-order chi connectivity index (χ1) is 13.2. The number of carboxylic acid groups (broad SMARTS) is 1. The van der Waals surface area contributed by atoms with Gasteiger partial charge in [0, 0.05) is 22.7 Å². The van der Waals surface area contributed by atoms with Crippen molar-refractivity contribution in [1.29, 1.82) is 0 Å².